The van der Waals surface area contributed by atoms with Gasteiger partial charge >= 0.3 is 5.69 Å². The second kappa shape index (κ2) is 5.52. The number of rotatable bonds is 4. The quantitative estimate of drug-likeness (QED) is 0.606. The van der Waals surface area contributed by atoms with Crippen LogP contribution >= 0.6 is 0 Å². The van der Waals surface area contributed by atoms with Gasteiger partial charge in [-0.1, -0.05) is 6.08 Å². The first-order valence-corrected chi connectivity index (χ1v) is 5.95. The van der Waals surface area contributed by atoms with E-state index in [9.17, 15) is 14.7 Å². The van der Waals surface area contributed by atoms with Crippen LogP contribution in [0, 0.1) is 5.92 Å². The Labute approximate surface area is 108 Å². The first kappa shape index (κ1) is 13.7. The highest BCUT2D eigenvalue weighted by atomic mass is 16.5. The Bertz CT molecular complexity index is 564. The van der Waals surface area contributed by atoms with Gasteiger partial charge in [0, 0.05) is 18.2 Å². The fourth-order valence-electron chi connectivity index (χ4n) is 2.30. The Balaban J connectivity index is 2.38. The maximum atomic E-state index is 11.7. The third-order valence-electron chi connectivity index (χ3n) is 3.24. The molecule has 7 heteroatoms. The summed E-state index contributed by atoms with van der Waals surface area (Å²) in [6, 6.07) is 1.20. The molecule has 1 saturated heterocycles. The molecule has 19 heavy (non-hydrogen) atoms. The number of aliphatic hydroxyl groups excluding tert-OH is 2. The summed E-state index contributed by atoms with van der Waals surface area (Å²) in [5, 5.41) is 19.2. The molecule has 0 spiro atoms. The number of ether oxygens (including phenoxy) is 1. The molecule has 1 aromatic rings. The third-order valence-corrected chi connectivity index (χ3v) is 3.24. The molecule has 2 heterocycles. The molecule has 2 unspecified atom stereocenters. The van der Waals surface area contributed by atoms with E-state index in [-0.39, 0.29) is 6.61 Å². The lowest BCUT2D eigenvalue weighted by molar-refractivity contribution is -0.0480. The fraction of sp³-hybridized carbons (Fsp3) is 0.500. The van der Waals surface area contributed by atoms with Crippen LogP contribution in [0.2, 0.25) is 0 Å². The minimum absolute atomic E-state index is 0.344. The average molecular weight is 268 g/mol. The lowest BCUT2D eigenvalue weighted by atomic mass is 9.96. The average Bonchev–Trinajstić information content (AvgIpc) is 2.68. The van der Waals surface area contributed by atoms with E-state index in [4.69, 9.17) is 9.84 Å². The summed E-state index contributed by atoms with van der Waals surface area (Å²) in [6.07, 6.45) is 0.957. The van der Waals surface area contributed by atoms with Crippen molar-refractivity contribution in [1.82, 2.24) is 9.55 Å². The van der Waals surface area contributed by atoms with E-state index in [1.807, 2.05) is 0 Å². The Morgan fingerprint density at radius 2 is 2.26 bits per heavy atom. The number of hydrogen-bond donors (Lipinski definition) is 3. The maximum absolute atomic E-state index is 11.7. The smallest absolute Gasteiger partial charge is 0.330 e. The van der Waals surface area contributed by atoms with E-state index >= 15 is 0 Å². The highest BCUT2D eigenvalue weighted by Crippen LogP contribution is 2.36. The van der Waals surface area contributed by atoms with Crippen LogP contribution in [0.1, 0.15) is 12.6 Å². The summed E-state index contributed by atoms with van der Waals surface area (Å²) in [5.41, 5.74) is -1.11. The molecular weight excluding hydrogens is 252 g/mol. The minimum atomic E-state index is -0.896. The van der Waals surface area contributed by atoms with Gasteiger partial charge in [0.1, 0.15) is 12.3 Å². The van der Waals surface area contributed by atoms with Gasteiger partial charge in [0.15, 0.2) is 0 Å². The van der Waals surface area contributed by atoms with Crippen LogP contribution in [0.15, 0.2) is 34.5 Å². The van der Waals surface area contributed by atoms with Gasteiger partial charge in [0.05, 0.1) is 12.7 Å². The van der Waals surface area contributed by atoms with Crippen molar-refractivity contribution >= 4 is 0 Å². The van der Waals surface area contributed by atoms with E-state index in [0.717, 1.165) is 0 Å². The van der Waals surface area contributed by atoms with Crippen LogP contribution < -0.4 is 11.2 Å². The van der Waals surface area contributed by atoms with Gasteiger partial charge in [-0.3, -0.25) is 14.3 Å². The van der Waals surface area contributed by atoms with Crippen LogP contribution in [-0.4, -0.2) is 38.6 Å². The zero-order valence-electron chi connectivity index (χ0n) is 10.2. The lowest BCUT2D eigenvalue weighted by Crippen LogP contribution is -2.34. The molecule has 104 valence electrons. The molecule has 0 aromatic carbocycles. The molecule has 0 bridgehead atoms. The number of aliphatic hydroxyl groups is 2. The summed E-state index contributed by atoms with van der Waals surface area (Å²) in [7, 11) is 0. The normalized spacial score (nSPS) is 30.4. The molecule has 0 aliphatic carbocycles. The third kappa shape index (κ3) is 2.53. The van der Waals surface area contributed by atoms with Gasteiger partial charge in [-0.15, -0.1) is 6.58 Å². The predicted molar refractivity (Wildman–Crippen MR) is 66.6 cm³/mol. The van der Waals surface area contributed by atoms with Crippen LogP contribution in [0.5, 0.6) is 0 Å². The molecular formula is C12H16N2O5. The zero-order valence-corrected chi connectivity index (χ0v) is 10.2. The molecule has 0 amide bonds. The van der Waals surface area contributed by atoms with Crippen LogP contribution in [0.25, 0.3) is 0 Å². The molecule has 0 radical (unpaired) electrons. The van der Waals surface area contributed by atoms with Crippen molar-refractivity contribution in [2.75, 3.05) is 6.61 Å². The number of nitrogens with one attached hydrogen (secondary N) is 1. The highest BCUT2D eigenvalue weighted by Gasteiger charge is 2.43. The van der Waals surface area contributed by atoms with E-state index in [0.29, 0.717) is 6.42 Å². The molecule has 1 aliphatic heterocycles. The van der Waals surface area contributed by atoms with Gasteiger partial charge in [0.2, 0.25) is 0 Å². The summed E-state index contributed by atoms with van der Waals surface area (Å²) in [5.74, 6) is -0.404. The van der Waals surface area contributed by atoms with Crippen molar-refractivity contribution in [1.29, 1.82) is 0 Å². The van der Waals surface area contributed by atoms with Gasteiger partial charge < -0.3 is 14.9 Å². The zero-order chi connectivity index (χ0) is 14.0. The van der Waals surface area contributed by atoms with Crippen LogP contribution in [0.3, 0.4) is 0 Å². The Morgan fingerprint density at radius 1 is 1.53 bits per heavy atom. The fourth-order valence-corrected chi connectivity index (χ4v) is 2.30. The molecule has 2 rings (SSSR count). The Kier molecular flexibility index (Phi) is 3.98. The molecule has 3 N–H and O–H groups in total. The molecule has 1 fully saturated rings. The van der Waals surface area contributed by atoms with Crippen LogP contribution in [0.4, 0.5) is 0 Å². The maximum Gasteiger partial charge on any atom is 0.330 e. The second-order valence-electron chi connectivity index (χ2n) is 4.44. The lowest BCUT2D eigenvalue weighted by Gasteiger charge is -2.20. The van der Waals surface area contributed by atoms with Crippen molar-refractivity contribution in [3.8, 4) is 0 Å². The Morgan fingerprint density at radius 3 is 2.84 bits per heavy atom. The van der Waals surface area contributed by atoms with Gasteiger partial charge in [0.25, 0.3) is 5.56 Å². The molecule has 1 aromatic heterocycles. The number of aromatic nitrogens is 2. The molecule has 4 atom stereocenters. The van der Waals surface area contributed by atoms with Crippen molar-refractivity contribution in [2.45, 2.75) is 24.9 Å². The number of nitrogens with zero attached hydrogens (tertiary/aromatic N) is 1. The van der Waals surface area contributed by atoms with E-state index in [2.05, 4.69) is 11.6 Å². The highest BCUT2D eigenvalue weighted by molar-refractivity contribution is 4.95. The second-order valence-corrected chi connectivity index (χ2v) is 4.44. The first-order valence-electron chi connectivity index (χ1n) is 5.95. The number of H-pyrrole nitrogens is 1. The standard InChI is InChI=1S/C12H16N2O5/c1-2-3-7-10(17)8(6-15)19-11(7)14-5-4-9(16)13-12(14)18/h2,4-5,7-8,10-11,15,17H,1,3,6H2,(H,13,16,18)/t7?,8-,10?,11-/m0/s1. The van der Waals surface area contributed by atoms with E-state index < -0.39 is 35.6 Å². The van der Waals surface area contributed by atoms with Gasteiger partial charge in [-0.2, -0.15) is 0 Å². The van der Waals surface area contributed by atoms with E-state index in [1.165, 1.54) is 16.8 Å². The van der Waals surface area contributed by atoms with Crippen molar-refractivity contribution in [3.63, 3.8) is 0 Å². The minimum Gasteiger partial charge on any atom is -0.394 e. The first-order chi connectivity index (χ1) is 9.08. The largest absolute Gasteiger partial charge is 0.394 e. The molecule has 1 aliphatic rings. The summed E-state index contributed by atoms with van der Waals surface area (Å²) < 4.78 is 6.69. The van der Waals surface area contributed by atoms with E-state index in [1.54, 1.807) is 6.08 Å². The number of hydrogen-bond acceptors (Lipinski definition) is 5. The predicted octanol–water partition coefficient (Wildman–Crippen LogP) is -1.02. The van der Waals surface area contributed by atoms with Crippen molar-refractivity contribution in [3.05, 3.63) is 45.8 Å². The number of allylic oxidation sites excluding steroid dienone is 1. The monoisotopic (exact) mass is 268 g/mol. The van der Waals surface area contributed by atoms with Gasteiger partial charge in [-0.25, -0.2) is 4.79 Å². The summed E-state index contributed by atoms with van der Waals surface area (Å²) >= 11 is 0. The summed E-state index contributed by atoms with van der Waals surface area (Å²) in [6.45, 7) is 3.26. The SMILES string of the molecule is C=CCC1C(O)[C@H](CO)O[C@@H]1n1ccc(=O)[nH]c1=O. The summed E-state index contributed by atoms with van der Waals surface area (Å²) in [4.78, 5) is 24.9. The number of aromatic amines is 1. The van der Waals surface area contributed by atoms with Crippen molar-refractivity contribution in [2.24, 2.45) is 5.92 Å². The van der Waals surface area contributed by atoms with Gasteiger partial charge in [-0.05, 0) is 6.42 Å². The van der Waals surface area contributed by atoms with Crippen LogP contribution in [-0.2, 0) is 4.74 Å². The molecule has 0 saturated carbocycles. The van der Waals surface area contributed by atoms with Crippen molar-refractivity contribution < 1.29 is 14.9 Å². The topological polar surface area (TPSA) is 105 Å². The molecule has 7 nitrogen and oxygen atoms in total. The Hall–Kier alpha value is -1.70.